The smallest absolute Gasteiger partial charge is 0.126 e. The quantitative estimate of drug-likeness (QED) is 0.281. The van der Waals surface area contributed by atoms with Gasteiger partial charge in [-0.15, -0.1) is 11.7 Å². The highest BCUT2D eigenvalue weighted by Crippen LogP contribution is 2.19. The van der Waals surface area contributed by atoms with E-state index < -0.39 is 6.23 Å². The van der Waals surface area contributed by atoms with Crippen molar-refractivity contribution in [3.05, 3.63) is 0 Å². The number of aliphatic hydroxyl groups excluding tert-OH is 1. The summed E-state index contributed by atoms with van der Waals surface area (Å²) in [5, 5.41) is 11.5. The van der Waals surface area contributed by atoms with Gasteiger partial charge in [0.25, 0.3) is 0 Å². The molecule has 0 radical (unpaired) electrons. The lowest BCUT2D eigenvalue weighted by atomic mass is 10.7. The van der Waals surface area contributed by atoms with Crippen molar-refractivity contribution in [1.29, 1.82) is 0 Å². The maximum atomic E-state index is 8.87. The van der Waals surface area contributed by atoms with Crippen LogP contribution in [0.2, 0.25) is 0 Å². The Morgan fingerprint density at radius 3 is 2.38 bits per heavy atom. The average Bonchev–Trinajstić information content (AvgIpc) is 1.84. The van der Waals surface area contributed by atoms with Crippen LogP contribution in [-0.4, -0.2) is 23.0 Å². The van der Waals surface area contributed by atoms with Gasteiger partial charge in [0.05, 0.1) is 4.58 Å². The van der Waals surface area contributed by atoms with Gasteiger partial charge in [-0.05, 0) is 7.05 Å². The van der Waals surface area contributed by atoms with Crippen LogP contribution in [0.5, 0.6) is 0 Å². The fourth-order valence-electron chi connectivity index (χ4n) is 0.200. The average molecular weight is 171 g/mol. The highest BCUT2D eigenvalue weighted by molar-refractivity contribution is 8.70. The van der Waals surface area contributed by atoms with Crippen LogP contribution < -0.4 is 5.32 Å². The summed E-state index contributed by atoms with van der Waals surface area (Å²) in [4.78, 5) is 0. The summed E-state index contributed by atoms with van der Waals surface area (Å²) in [6.45, 7) is 0. The third kappa shape index (κ3) is 3.09. The Balaban J connectivity index is 3.29. The zero-order valence-electron chi connectivity index (χ0n) is 4.40. The molecule has 0 aromatic rings. The molecule has 50 valence electrons. The van der Waals surface area contributed by atoms with Gasteiger partial charge in [-0.25, -0.2) is 0 Å². The highest BCUT2D eigenvalue weighted by atomic mass is 33.1. The lowest BCUT2D eigenvalue weighted by Gasteiger charge is -2.12. The molecular weight excluding hydrogens is 162 g/mol. The van der Waals surface area contributed by atoms with E-state index in [0.29, 0.717) is 0 Å². The van der Waals surface area contributed by atoms with Crippen molar-refractivity contribution in [2.24, 2.45) is 0 Å². The van der Waals surface area contributed by atoms with Crippen molar-refractivity contribution >= 4 is 35.1 Å². The van der Waals surface area contributed by atoms with Crippen molar-refractivity contribution in [1.82, 2.24) is 5.32 Å². The molecule has 0 saturated heterocycles. The first-order valence-electron chi connectivity index (χ1n) is 2.06. The Labute approximate surface area is 63.6 Å². The maximum absolute atomic E-state index is 8.87. The molecule has 0 aliphatic heterocycles. The van der Waals surface area contributed by atoms with Crippen molar-refractivity contribution in [2.75, 3.05) is 7.05 Å². The molecule has 2 unspecified atom stereocenters. The van der Waals surface area contributed by atoms with Crippen LogP contribution in [0.15, 0.2) is 0 Å². The van der Waals surface area contributed by atoms with E-state index >= 15 is 0 Å². The molecule has 0 rings (SSSR count). The zero-order chi connectivity index (χ0) is 6.57. The second kappa shape index (κ2) is 4.81. The third-order valence-corrected chi connectivity index (χ3v) is 2.93. The van der Waals surface area contributed by atoms with E-state index in [0.717, 1.165) is 0 Å². The summed E-state index contributed by atoms with van der Waals surface area (Å²) in [7, 11) is 2.87. The Bertz CT molecular complexity index is 54.5. The predicted molar refractivity (Wildman–Crippen MR) is 44.4 cm³/mol. The van der Waals surface area contributed by atoms with Gasteiger partial charge in [0.15, 0.2) is 0 Å². The number of hydrogen-bond donors (Lipinski definition) is 4. The van der Waals surface area contributed by atoms with Gasteiger partial charge < -0.3 is 5.11 Å². The molecule has 0 aromatic carbocycles. The van der Waals surface area contributed by atoms with E-state index in [1.165, 1.54) is 10.8 Å². The zero-order valence-corrected chi connectivity index (χ0v) is 7.01. The molecule has 0 aliphatic rings. The number of aliphatic hydroxyl groups is 1. The third-order valence-electron chi connectivity index (χ3n) is 0.674. The molecule has 0 fully saturated rings. The fraction of sp³-hybridized carbons (Fsp3) is 1.00. The SMILES string of the molecule is CNC(O)C(S)SS. The Morgan fingerprint density at radius 2 is 2.25 bits per heavy atom. The largest absolute Gasteiger partial charge is 0.377 e. The van der Waals surface area contributed by atoms with Crippen LogP contribution in [0.25, 0.3) is 0 Å². The molecule has 8 heavy (non-hydrogen) atoms. The first kappa shape index (κ1) is 8.97. The van der Waals surface area contributed by atoms with E-state index in [9.17, 15) is 0 Å². The summed E-state index contributed by atoms with van der Waals surface area (Å²) in [6, 6.07) is 0. The van der Waals surface area contributed by atoms with Crippen LogP contribution in [0.1, 0.15) is 0 Å². The van der Waals surface area contributed by atoms with Crippen LogP contribution in [0.4, 0.5) is 0 Å². The highest BCUT2D eigenvalue weighted by Gasteiger charge is 2.09. The molecular formula is C3H9NOS3. The van der Waals surface area contributed by atoms with E-state index in [4.69, 9.17) is 5.11 Å². The summed E-state index contributed by atoms with van der Waals surface area (Å²) < 4.78 is -0.164. The van der Waals surface area contributed by atoms with Gasteiger partial charge in [-0.3, -0.25) is 5.32 Å². The monoisotopic (exact) mass is 171 g/mol. The second-order valence-electron chi connectivity index (χ2n) is 1.23. The second-order valence-corrected chi connectivity index (χ2v) is 3.49. The Kier molecular flexibility index (Phi) is 5.40. The van der Waals surface area contributed by atoms with Crippen molar-refractivity contribution in [3.63, 3.8) is 0 Å². The summed E-state index contributed by atoms with van der Waals surface area (Å²) in [6.07, 6.45) is -0.583. The topological polar surface area (TPSA) is 32.3 Å². The van der Waals surface area contributed by atoms with E-state index in [1.807, 2.05) is 0 Å². The molecule has 0 aliphatic carbocycles. The minimum atomic E-state index is -0.583. The molecule has 0 heterocycles. The molecule has 5 heteroatoms. The summed E-state index contributed by atoms with van der Waals surface area (Å²) in [5.41, 5.74) is 0. The van der Waals surface area contributed by atoms with Gasteiger partial charge in [-0.1, -0.05) is 10.8 Å². The van der Waals surface area contributed by atoms with Gasteiger partial charge in [0.2, 0.25) is 0 Å². The summed E-state index contributed by atoms with van der Waals surface area (Å²) >= 11 is 7.83. The van der Waals surface area contributed by atoms with Crippen LogP contribution in [0, 0.1) is 0 Å². The molecule has 0 saturated carbocycles. The molecule has 0 spiro atoms. The molecule has 0 aromatic heterocycles. The van der Waals surface area contributed by atoms with Crippen LogP contribution >= 0.6 is 35.1 Å². The van der Waals surface area contributed by atoms with Crippen molar-refractivity contribution in [2.45, 2.75) is 10.8 Å². The maximum Gasteiger partial charge on any atom is 0.126 e. The summed E-state index contributed by atoms with van der Waals surface area (Å²) in [5.74, 6) is 0. The Morgan fingerprint density at radius 1 is 1.75 bits per heavy atom. The molecule has 2 N–H and O–H groups in total. The van der Waals surface area contributed by atoms with Gasteiger partial charge >= 0.3 is 0 Å². The van der Waals surface area contributed by atoms with Crippen molar-refractivity contribution in [3.8, 4) is 0 Å². The number of rotatable bonds is 3. The Hall–Kier alpha value is 0.970. The van der Waals surface area contributed by atoms with Crippen LogP contribution in [0.3, 0.4) is 0 Å². The van der Waals surface area contributed by atoms with E-state index in [-0.39, 0.29) is 4.58 Å². The number of hydrogen-bond acceptors (Lipinski definition) is 5. The number of thiol groups is 2. The number of nitrogens with one attached hydrogen (secondary N) is 1. The lowest BCUT2D eigenvalue weighted by Crippen LogP contribution is -2.31. The fourth-order valence-corrected chi connectivity index (χ4v) is 0.947. The van der Waals surface area contributed by atoms with Crippen LogP contribution in [-0.2, 0) is 0 Å². The van der Waals surface area contributed by atoms with Gasteiger partial charge in [0.1, 0.15) is 6.23 Å². The predicted octanol–water partition coefficient (Wildman–Crippen LogP) is 0.358. The minimum Gasteiger partial charge on any atom is -0.377 e. The molecule has 0 bridgehead atoms. The van der Waals surface area contributed by atoms with Gasteiger partial charge in [-0.2, -0.15) is 12.6 Å². The van der Waals surface area contributed by atoms with Crippen molar-refractivity contribution < 1.29 is 5.11 Å². The molecule has 0 amide bonds. The first-order chi connectivity index (χ1) is 3.72. The molecule has 2 atom stereocenters. The molecule has 2 nitrogen and oxygen atoms in total. The van der Waals surface area contributed by atoms with E-state index in [2.05, 4.69) is 29.6 Å². The van der Waals surface area contributed by atoms with E-state index in [1.54, 1.807) is 7.05 Å². The lowest BCUT2D eigenvalue weighted by molar-refractivity contribution is 0.165. The minimum absolute atomic E-state index is 0.164. The first-order valence-corrected chi connectivity index (χ1v) is 4.51. The van der Waals surface area contributed by atoms with Gasteiger partial charge in [0, 0.05) is 0 Å². The standard InChI is InChI=1S/C3H9NOS3/c1-4-2(5)3(6)8-7/h2-7H,1H3. The normalized spacial score (nSPS) is 18.0.